The fourth-order valence-electron chi connectivity index (χ4n) is 2.12. The summed E-state index contributed by atoms with van der Waals surface area (Å²) in [6.07, 6.45) is 2.14. The normalized spacial score (nSPS) is 10.8. The van der Waals surface area contributed by atoms with E-state index in [1.54, 1.807) is 18.2 Å². The molecule has 0 fully saturated rings. The molecule has 0 aliphatic rings. The summed E-state index contributed by atoms with van der Waals surface area (Å²) >= 11 is 0. The molecule has 122 valence electrons. The maximum Gasteiger partial charge on any atom is 0.267 e. The molecular formula is C19H19N3O2. The molecule has 0 saturated heterocycles. The molecule has 0 spiro atoms. The van der Waals surface area contributed by atoms with E-state index >= 15 is 0 Å². The first-order valence-electron chi connectivity index (χ1n) is 7.58. The molecule has 0 heterocycles. The molecule has 0 aromatic heterocycles. The zero-order valence-corrected chi connectivity index (χ0v) is 13.4. The number of hydrogen-bond acceptors (Lipinski definition) is 4. The minimum atomic E-state index is -0.444. The molecule has 3 N–H and O–H groups in total. The largest absolute Gasteiger partial charge is 0.508 e. The number of aromatic hydroxyl groups is 1. The van der Waals surface area contributed by atoms with Gasteiger partial charge in [0, 0.05) is 18.4 Å². The summed E-state index contributed by atoms with van der Waals surface area (Å²) < 4.78 is 0. The molecule has 5 nitrogen and oxygen atoms in total. The van der Waals surface area contributed by atoms with Crippen molar-refractivity contribution in [3.8, 4) is 11.8 Å². The van der Waals surface area contributed by atoms with Crippen molar-refractivity contribution in [1.82, 2.24) is 5.32 Å². The van der Waals surface area contributed by atoms with E-state index < -0.39 is 5.91 Å². The first-order valence-corrected chi connectivity index (χ1v) is 7.58. The zero-order valence-electron chi connectivity index (χ0n) is 13.4. The van der Waals surface area contributed by atoms with E-state index in [0.29, 0.717) is 12.2 Å². The van der Waals surface area contributed by atoms with Crippen LogP contribution >= 0.6 is 0 Å². The molecule has 2 aromatic carbocycles. The van der Waals surface area contributed by atoms with Gasteiger partial charge < -0.3 is 15.7 Å². The van der Waals surface area contributed by atoms with Crippen molar-refractivity contribution in [3.63, 3.8) is 0 Å². The van der Waals surface area contributed by atoms with Crippen LogP contribution in [-0.2, 0) is 11.2 Å². The predicted molar refractivity (Wildman–Crippen MR) is 93.3 cm³/mol. The van der Waals surface area contributed by atoms with Gasteiger partial charge in [-0.25, -0.2) is 0 Å². The third-order valence-corrected chi connectivity index (χ3v) is 3.38. The van der Waals surface area contributed by atoms with Crippen LogP contribution in [-0.4, -0.2) is 17.6 Å². The zero-order chi connectivity index (χ0) is 17.4. The molecule has 1 amide bonds. The predicted octanol–water partition coefficient (Wildman–Crippen LogP) is 2.88. The molecule has 2 rings (SSSR count). The van der Waals surface area contributed by atoms with E-state index in [-0.39, 0.29) is 11.3 Å². The summed E-state index contributed by atoms with van der Waals surface area (Å²) in [5.41, 5.74) is 2.76. The summed E-state index contributed by atoms with van der Waals surface area (Å²) in [5.74, 6) is -0.216. The number of carbonyl (C=O) groups excluding carboxylic acids is 1. The first-order chi connectivity index (χ1) is 11.6. The van der Waals surface area contributed by atoms with Gasteiger partial charge in [-0.05, 0) is 48.7 Å². The molecule has 0 bridgehead atoms. The number of nitrogens with zero attached hydrogens (tertiary/aromatic N) is 1. The second-order valence-electron chi connectivity index (χ2n) is 5.36. The van der Waals surface area contributed by atoms with Crippen LogP contribution in [0.15, 0.2) is 60.3 Å². The van der Waals surface area contributed by atoms with Crippen LogP contribution in [0.25, 0.3) is 0 Å². The van der Waals surface area contributed by atoms with Crippen molar-refractivity contribution in [3.05, 3.63) is 71.4 Å². The van der Waals surface area contributed by atoms with Crippen LogP contribution in [0.4, 0.5) is 5.69 Å². The Labute approximate surface area is 141 Å². The highest BCUT2D eigenvalue weighted by Gasteiger charge is 2.09. The Balaban J connectivity index is 1.87. The van der Waals surface area contributed by atoms with Crippen molar-refractivity contribution in [2.75, 3.05) is 11.9 Å². The average Bonchev–Trinajstić information content (AvgIpc) is 2.56. The Morgan fingerprint density at radius 3 is 2.67 bits per heavy atom. The number of nitriles is 1. The number of carbonyl (C=O) groups is 1. The molecule has 0 aliphatic carbocycles. The number of phenols is 1. The monoisotopic (exact) mass is 321 g/mol. The fraction of sp³-hybridized carbons (Fsp3) is 0.158. The summed E-state index contributed by atoms with van der Waals surface area (Å²) in [5, 5.41) is 24.0. The standard InChI is InChI=1S/C19H19N3O2/c1-14-3-2-4-17(11-14)22-19(24)16(12-20)13-21-10-9-15-5-7-18(23)8-6-15/h2-8,11,13,21,23H,9-10H2,1H3,(H,22,24)/b16-13-. The lowest BCUT2D eigenvalue weighted by Crippen LogP contribution is -2.18. The van der Waals surface area contributed by atoms with Gasteiger partial charge in [0.05, 0.1) is 0 Å². The molecule has 2 aromatic rings. The molecule has 0 unspecified atom stereocenters. The molecule has 5 heteroatoms. The van der Waals surface area contributed by atoms with Gasteiger partial charge in [-0.1, -0.05) is 24.3 Å². The lowest BCUT2D eigenvalue weighted by molar-refractivity contribution is -0.112. The number of hydrogen-bond donors (Lipinski definition) is 3. The van der Waals surface area contributed by atoms with Crippen LogP contribution in [0.1, 0.15) is 11.1 Å². The highest BCUT2D eigenvalue weighted by Crippen LogP contribution is 2.11. The first kappa shape index (κ1) is 17.1. The van der Waals surface area contributed by atoms with Crippen LogP contribution in [0.2, 0.25) is 0 Å². The van der Waals surface area contributed by atoms with Gasteiger partial charge in [-0.15, -0.1) is 0 Å². The van der Waals surface area contributed by atoms with Crippen molar-refractivity contribution in [1.29, 1.82) is 5.26 Å². The van der Waals surface area contributed by atoms with Crippen LogP contribution in [0.5, 0.6) is 5.75 Å². The van der Waals surface area contributed by atoms with Gasteiger partial charge in [0.25, 0.3) is 5.91 Å². The van der Waals surface area contributed by atoms with Gasteiger partial charge in [-0.2, -0.15) is 5.26 Å². The highest BCUT2D eigenvalue weighted by atomic mass is 16.3. The molecule has 24 heavy (non-hydrogen) atoms. The summed E-state index contributed by atoms with van der Waals surface area (Å²) in [4.78, 5) is 12.1. The minimum absolute atomic E-state index is 0.0159. The Bertz CT molecular complexity index is 774. The van der Waals surface area contributed by atoms with Crippen molar-refractivity contribution < 1.29 is 9.90 Å². The summed E-state index contributed by atoms with van der Waals surface area (Å²) in [6, 6.07) is 16.2. The Morgan fingerprint density at radius 1 is 1.25 bits per heavy atom. The average molecular weight is 321 g/mol. The Hall–Kier alpha value is -3.26. The fourth-order valence-corrected chi connectivity index (χ4v) is 2.12. The van der Waals surface area contributed by atoms with Gasteiger partial charge in [0.2, 0.25) is 0 Å². The van der Waals surface area contributed by atoms with Crippen molar-refractivity contribution in [2.45, 2.75) is 13.3 Å². The van der Waals surface area contributed by atoms with E-state index in [4.69, 9.17) is 5.26 Å². The molecule has 0 atom stereocenters. The maximum absolute atomic E-state index is 12.1. The summed E-state index contributed by atoms with van der Waals surface area (Å²) in [6.45, 7) is 2.51. The van der Waals surface area contributed by atoms with Crippen LogP contribution < -0.4 is 10.6 Å². The number of benzene rings is 2. The molecule has 0 radical (unpaired) electrons. The third-order valence-electron chi connectivity index (χ3n) is 3.38. The number of nitrogens with one attached hydrogen (secondary N) is 2. The number of phenolic OH excluding ortho intramolecular Hbond substituents is 1. The van der Waals surface area contributed by atoms with E-state index in [0.717, 1.165) is 17.5 Å². The minimum Gasteiger partial charge on any atom is -0.508 e. The van der Waals surface area contributed by atoms with Gasteiger partial charge in [0.15, 0.2) is 0 Å². The quantitative estimate of drug-likeness (QED) is 0.434. The second kappa shape index (κ2) is 8.39. The number of anilines is 1. The van der Waals surface area contributed by atoms with E-state index in [1.807, 2.05) is 43.3 Å². The summed E-state index contributed by atoms with van der Waals surface area (Å²) in [7, 11) is 0. The third kappa shape index (κ3) is 5.18. The topological polar surface area (TPSA) is 85.2 Å². The lowest BCUT2D eigenvalue weighted by Gasteiger charge is -2.06. The van der Waals surface area contributed by atoms with Crippen molar-refractivity contribution >= 4 is 11.6 Å². The van der Waals surface area contributed by atoms with Crippen LogP contribution in [0, 0.1) is 18.3 Å². The van der Waals surface area contributed by atoms with Gasteiger partial charge in [0.1, 0.15) is 17.4 Å². The Kier molecular flexibility index (Phi) is 5.98. The van der Waals surface area contributed by atoms with E-state index in [1.165, 1.54) is 6.20 Å². The molecule has 0 aliphatic heterocycles. The van der Waals surface area contributed by atoms with E-state index in [2.05, 4.69) is 10.6 Å². The van der Waals surface area contributed by atoms with Gasteiger partial charge >= 0.3 is 0 Å². The van der Waals surface area contributed by atoms with Crippen LogP contribution in [0.3, 0.4) is 0 Å². The van der Waals surface area contributed by atoms with E-state index in [9.17, 15) is 9.90 Å². The van der Waals surface area contributed by atoms with Gasteiger partial charge in [-0.3, -0.25) is 4.79 Å². The second-order valence-corrected chi connectivity index (χ2v) is 5.36. The number of aryl methyl sites for hydroxylation is 1. The molecular weight excluding hydrogens is 302 g/mol. The number of amides is 1. The number of rotatable bonds is 6. The molecule has 0 saturated carbocycles. The maximum atomic E-state index is 12.1. The highest BCUT2D eigenvalue weighted by molar-refractivity contribution is 6.06. The Morgan fingerprint density at radius 2 is 2.00 bits per heavy atom. The SMILES string of the molecule is Cc1cccc(NC(=O)/C(C#N)=C\NCCc2ccc(O)cc2)c1. The lowest BCUT2D eigenvalue weighted by atomic mass is 10.1. The smallest absolute Gasteiger partial charge is 0.267 e. The van der Waals surface area contributed by atoms with Crippen molar-refractivity contribution in [2.24, 2.45) is 0 Å².